The van der Waals surface area contributed by atoms with Gasteiger partial charge in [-0.1, -0.05) is 0 Å². The van der Waals surface area contributed by atoms with Crippen LogP contribution in [0, 0.1) is 5.41 Å². The number of aromatic nitrogens is 3. The lowest BCUT2D eigenvalue weighted by Crippen LogP contribution is -2.61. The van der Waals surface area contributed by atoms with Gasteiger partial charge in [-0.2, -0.15) is 5.10 Å². The molecule has 0 aromatic carbocycles. The molecule has 0 bridgehead atoms. The van der Waals surface area contributed by atoms with E-state index in [4.69, 9.17) is 10.6 Å². The van der Waals surface area contributed by atoms with Gasteiger partial charge in [0.2, 0.25) is 0 Å². The van der Waals surface area contributed by atoms with Crippen LogP contribution in [-0.4, -0.2) is 63.9 Å². The lowest BCUT2D eigenvalue weighted by Gasteiger charge is -2.54. The summed E-state index contributed by atoms with van der Waals surface area (Å²) in [4.78, 5) is 29.5. The summed E-state index contributed by atoms with van der Waals surface area (Å²) in [5.41, 5.74) is 1.23. The predicted octanol–water partition coefficient (Wildman–Crippen LogP) is 2.15. The van der Waals surface area contributed by atoms with E-state index < -0.39 is 5.60 Å². The van der Waals surface area contributed by atoms with Gasteiger partial charge in [-0.25, -0.2) is 19.7 Å². The van der Waals surface area contributed by atoms with Crippen molar-refractivity contribution in [3.05, 3.63) is 24.2 Å². The molecular weight excluding hydrogens is 370 g/mol. The van der Waals surface area contributed by atoms with Gasteiger partial charge in [-0.05, 0) is 39.7 Å². The highest BCUT2D eigenvalue weighted by Gasteiger charge is 2.46. The number of carbonyl (C=O) groups excluding carboxylic acids is 1. The molecule has 154 valence electrons. The minimum absolute atomic E-state index is 0.217. The van der Waals surface area contributed by atoms with Crippen molar-refractivity contribution in [1.82, 2.24) is 19.9 Å². The van der Waals surface area contributed by atoms with E-state index in [9.17, 15) is 4.79 Å². The van der Waals surface area contributed by atoms with Gasteiger partial charge in [0.05, 0.1) is 11.6 Å². The Morgan fingerprint density at radius 1 is 1.24 bits per heavy atom. The number of nitrogens with zero attached hydrogens (tertiary/aromatic N) is 6. The zero-order valence-corrected chi connectivity index (χ0v) is 17.1. The molecule has 0 unspecified atom stereocenters. The molecule has 4 rings (SSSR count). The monoisotopic (exact) mass is 397 g/mol. The van der Waals surface area contributed by atoms with Crippen LogP contribution in [0.1, 0.15) is 39.2 Å². The van der Waals surface area contributed by atoms with Gasteiger partial charge in [0, 0.05) is 43.4 Å². The van der Waals surface area contributed by atoms with E-state index >= 15 is 0 Å². The average molecular weight is 397 g/mol. The van der Waals surface area contributed by atoms with E-state index in [1.807, 2.05) is 31.7 Å². The molecule has 0 saturated carbocycles. The fourth-order valence-corrected chi connectivity index (χ4v) is 4.08. The highest BCUT2D eigenvalue weighted by molar-refractivity contribution is 5.92. The van der Waals surface area contributed by atoms with E-state index in [2.05, 4.69) is 25.0 Å². The van der Waals surface area contributed by atoms with Crippen LogP contribution in [0.5, 0.6) is 0 Å². The van der Waals surface area contributed by atoms with Gasteiger partial charge in [0.25, 0.3) is 0 Å². The normalized spacial score (nSPS) is 19.0. The highest BCUT2D eigenvalue weighted by Crippen LogP contribution is 2.43. The number of likely N-dealkylation sites (tertiary alicyclic amines) is 1. The third-order valence-electron chi connectivity index (χ3n) is 5.54. The highest BCUT2D eigenvalue weighted by atomic mass is 16.6. The first-order valence-corrected chi connectivity index (χ1v) is 9.86. The minimum atomic E-state index is -0.463. The molecule has 0 radical (unpaired) electrons. The molecule has 2 aliphatic rings. The number of pyridine rings is 1. The standard InChI is InChI=1S/C20H27N7O2/c1-19(2,3)29-18(28)26-6-4-20(5-7-26)11-27(12-20)17-15-8-14(10-25-21)9-22-16(15)23-13-24-17/h8-10,13H,4-7,11-12,21H2,1-3H3/b25-10+. The second kappa shape index (κ2) is 7.13. The Hall–Kier alpha value is -2.97. The number of fused-ring (bicyclic) bond motifs is 1. The summed E-state index contributed by atoms with van der Waals surface area (Å²) >= 11 is 0. The van der Waals surface area contributed by atoms with Gasteiger partial charge < -0.3 is 20.4 Å². The summed E-state index contributed by atoms with van der Waals surface area (Å²) in [7, 11) is 0. The lowest BCUT2D eigenvalue weighted by atomic mass is 9.72. The van der Waals surface area contributed by atoms with Crippen LogP contribution < -0.4 is 10.7 Å². The number of carbonyl (C=O) groups is 1. The van der Waals surface area contributed by atoms with Crippen molar-refractivity contribution in [2.45, 2.75) is 39.2 Å². The molecule has 9 nitrogen and oxygen atoms in total. The summed E-state index contributed by atoms with van der Waals surface area (Å²) in [6.07, 6.45) is 6.53. The fourth-order valence-electron chi connectivity index (χ4n) is 4.08. The van der Waals surface area contributed by atoms with Crippen LogP contribution in [0.2, 0.25) is 0 Å². The third kappa shape index (κ3) is 3.94. The van der Waals surface area contributed by atoms with Gasteiger partial charge in [0.15, 0.2) is 5.65 Å². The van der Waals surface area contributed by atoms with Crippen LogP contribution >= 0.6 is 0 Å². The Balaban J connectivity index is 1.43. The molecule has 1 amide bonds. The molecule has 0 atom stereocenters. The Kier molecular flexibility index (Phi) is 4.76. The smallest absolute Gasteiger partial charge is 0.410 e. The molecule has 2 aromatic heterocycles. The van der Waals surface area contributed by atoms with Crippen molar-refractivity contribution < 1.29 is 9.53 Å². The first-order valence-electron chi connectivity index (χ1n) is 9.86. The number of hydrogen-bond donors (Lipinski definition) is 1. The van der Waals surface area contributed by atoms with Crippen LogP contribution in [0.25, 0.3) is 11.0 Å². The lowest BCUT2D eigenvalue weighted by molar-refractivity contribution is 0.00593. The maximum Gasteiger partial charge on any atom is 0.410 e. The topological polar surface area (TPSA) is 110 Å². The quantitative estimate of drug-likeness (QED) is 0.470. The summed E-state index contributed by atoms with van der Waals surface area (Å²) in [6.45, 7) is 8.97. The number of anilines is 1. The average Bonchev–Trinajstić information content (AvgIpc) is 2.65. The molecule has 2 aromatic rings. The van der Waals surface area contributed by atoms with Crippen LogP contribution in [0.15, 0.2) is 23.7 Å². The number of ether oxygens (including phenoxy) is 1. The summed E-state index contributed by atoms with van der Waals surface area (Å²) in [5, 5.41) is 4.47. The minimum Gasteiger partial charge on any atom is -0.444 e. The predicted molar refractivity (Wildman–Crippen MR) is 111 cm³/mol. The Morgan fingerprint density at radius 2 is 1.97 bits per heavy atom. The van der Waals surface area contributed by atoms with Crippen molar-refractivity contribution in [1.29, 1.82) is 0 Å². The van der Waals surface area contributed by atoms with E-state index in [1.54, 1.807) is 18.7 Å². The molecule has 2 fully saturated rings. The maximum atomic E-state index is 12.3. The molecule has 0 aliphatic carbocycles. The van der Waals surface area contributed by atoms with Crippen LogP contribution in [0.3, 0.4) is 0 Å². The third-order valence-corrected chi connectivity index (χ3v) is 5.54. The Morgan fingerprint density at radius 3 is 2.62 bits per heavy atom. The van der Waals surface area contributed by atoms with Crippen molar-refractivity contribution in [3.8, 4) is 0 Å². The van der Waals surface area contributed by atoms with Crippen LogP contribution in [-0.2, 0) is 4.74 Å². The van der Waals surface area contributed by atoms with Gasteiger partial charge in [-0.15, -0.1) is 0 Å². The summed E-state index contributed by atoms with van der Waals surface area (Å²) in [5.74, 6) is 6.15. The van der Waals surface area contributed by atoms with Crippen molar-refractivity contribution in [3.63, 3.8) is 0 Å². The second-order valence-corrected chi connectivity index (χ2v) is 8.94. The largest absolute Gasteiger partial charge is 0.444 e. The van der Waals surface area contributed by atoms with Gasteiger partial charge in [-0.3, -0.25) is 0 Å². The molecule has 29 heavy (non-hydrogen) atoms. The number of rotatable bonds is 2. The van der Waals surface area contributed by atoms with E-state index in [0.717, 1.165) is 55.8 Å². The molecule has 2 saturated heterocycles. The second-order valence-electron chi connectivity index (χ2n) is 8.94. The first-order chi connectivity index (χ1) is 13.8. The zero-order valence-electron chi connectivity index (χ0n) is 17.1. The van der Waals surface area contributed by atoms with Crippen LogP contribution in [0.4, 0.5) is 10.6 Å². The van der Waals surface area contributed by atoms with Gasteiger partial charge >= 0.3 is 6.09 Å². The maximum absolute atomic E-state index is 12.3. The SMILES string of the molecule is CC(C)(C)OC(=O)N1CCC2(CC1)CN(c1ncnc3ncc(/C=N/N)cc13)C2. The Labute approximate surface area is 170 Å². The number of hydrazone groups is 1. The van der Waals surface area contributed by atoms with Crippen molar-refractivity contribution in [2.75, 3.05) is 31.1 Å². The van der Waals surface area contributed by atoms with Crippen molar-refractivity contribution in [2.24, 2.45) is 16.4 Å². The zero-order chi connectivity index (χ0) is 20.6. The Bertz CT molecular complexity index is 937. The van der Waals surface area contributed by atoms with Crippen molar-refractivity contribution >= 4 is 29.2 Å². The van der Waals surface area contributed by atoms with E-state index in [-0.39, 0.29) is 11.5 Å². The molecule has 9 heteroatoms. The number of piperidine rings is 1. The van der Waals surface area contributed by atoms with E-state index in [0.29, 0.717) is 5.65 Å². The van der Waals surface area contributed by atoms with Gasteiger partial charge in [0.1, 0.15) is 17.7 Å². The summed E-state index contributed by atoms with van der Waals surface area (Å²) in [6, 6.07) is 1.96. The molecule has 2 N–H and O–H groups in total. The fraction of sp³-hybridized carbons (Fsp3) is 0.550. The summed E-state index contributed by atoms with van der Waals surface area (Å²) < 4.78 is 5.50. The molecule has 1 spiro atoms. The first kappa shape index (κ1) is 19.4. The number of hydrogen-bond acceptors (Lipinski definition) is 8. The molecule has 4 heterocycles. The van der Waals surface area contributed by atoms with E-state index in [1.165, 1.54) is 0 Å². The number of amides is 1. The molecule has 2 aliphatic heterocycles. The number of nitrogens with two attached hydrogens (primary N) is 1. The molecular formula is C20H27N7O2.